The Morgan fingerprint density at radius 2 is 1.90 bits per heavy atom. The fourth-order valence-electron chi connectivity index (χ4n) is 3.72. The number of hydrogen-bond donors (Lipinski definition) is 1. The first-order valence-corrected chi connectivity index (χ1v) is 10.6. The molecule has 3 heterocycles. The van der Waals surface area contributed by atoms with Crippen LogP contribution in [0.5, 0.6) is 0 Å². The van der Waals surface area contributed by atoms with Gasteiger partial charge in [-0.2, -0.15) is 0 Å². The Labute approximate surface area is 174 Å². The maximum absolute atomic E-state index is 4.39. The Hall–Kier alpha value is -2.69. The summed E-state index contributed by atoms with van der Waals surface area (Å²) in [4.78, 5) is 8.62. The maximum atomic E-state index is 4.39. The van der Waals surface area contributed by atoms with Crippen LogP contribution in [0.15, 0.2) is 54.0 Å². The van der Waals surface area contributed by atoms with Crippen molar-refractivity contribution in [2.75, 3.05) is 12.4 Å². The summed E-state index contributed by atoms with van der Waals surface area (Å²) in [7, 11) is 1.81. The van der Waals surface area contributed by atoms with E-state index in [1.165, 1.54) is 32.1 Å². The molecule has 5 nitrogen and oxygen atoms in total. The van der Waals surface area contributed by atoms with Crippen molar-refractivity contribution >= 4 is 22.7 Å². The van der Waals surface area contributed by atoms with Crippen LogP contribution in [-0.2, 0) is 0 Å². The van der Waals surface area contributed by atoms with E-state index in [-0.39, 0.29) is 0 Å². The number of allylic oxidation sites excluding steroid dienone is 5. The molecule has 2 aliphatic rings. The second-order valence-corrected chi connectivity index (χ2v) is 8.50. The van der Waals surface area contributed by atoms with E-state index in [9.17, 15) is 0 Å². The van der Waals surface area contributed by atoms with Gasteiger partial charge in [0.25, 0.3) is 0 Å². The van der Waals surface area contributed by atoms with Crippen molar-refractivity contribution in [1.82, 2.24) is 14.6 Å². The van der Waals surface area contributed by atoms with Gasteiger partial charge in [-0.3, -0.25) is 4.99 Å². The van der Waals surface area contributed by atoms with E-state index in [4.69, 9.17) is 0 Å². The molecule has 1 aliphatic carbocycles. The molecule has 0 aromatic carbocycles. The SMILES string of the molecule is CC1(C)CCCCC1.CNc1ncc2c(C3=C/C\C=C/N=C(C)/C=C\3)ccn2n1. The van der Waals surface area contributed by atoms with Gasteiger partial charge < -0.3 is 5.32 Å². The Balaban J connectivity index is 0.000000252. The topological polar surface area (TPSA) is 54.6 Å². The van der Waals surface area contributed by atoms with Crippen LogP contribution in [0.3, 0.4) is 0 Å². The molecule has 1 aliphatic heterocycles. The van der Waals surface area contributed by atoms with Crippen LogP contribution in [0.25, 0.3) is 11.1 Å². The van der Waals surface area contributed by atoms with Crippen LogP contribution in [0.1, 0.15) is 64.9 Å². The van der Waals surface area contributed by atoms with Gasteiger partial charge in [0.2, 0.25) is 5.95 Å². The van der Waals surface area contributed by atoms with Gasteiger partial charge in [0.1, 0.15) is 0 Å². The largest absolute Gasteiger partial charge is 0.356 e. The van der Waals surface area contributed by atoms with Crippen molar-refractivity contribution in [3.63, 3.8) is 0 Å². The van der Waals surface area contributed by atoms with Gasteiger partial charge in [0.05, 0.1) is 11.7 Å². The van der Waals surface area contributed by atoms with E-state index in [1.54, 1.807) is 0 Å². The summed E-state index contributed by atoms with van der Waals surface area (Å²) in [6, 6.07) is 2.06. The summed E-state index contributed by atoms with van der Waals surface area (Å²) in [5.74, 6) is 0.606. The summed E-state index contributed by atoms with van der Waals surface area (Å²) < 4.78 is 1.84. The smallest absolute Gasteiger partial charge is 0.240 e. The number of fused-ring (bicyclic) bond motifs is 1. The molecule has 0 unspecified atom stereocenters. The second kappa shape index (κ2) is 9.68. The first-order chi connectivity index (χ1) is 14.0. The third-order valence-corrected chi connectivity index (χ3v) is 5.52. The van der Waals surface area contributed by atoms with Crippen LogP contribution in [-0.4, -0.2) is 27.4 Å². The highest BCUT2D eigenvalue weighted by atomic mass is 15.3. The summed E-state index contributed by atoms with van der Waals surface area (Å²) in [6.07, 6.45) is 22.1. The lowest BCUT2D eigenvalue weighted by atomic mass is 9.78. The number of nitrogens with zero attached hydrogens (tertiary/aromatic N) is 4. The molecule has 4 rings (SSSR count). The lowest BCUT2D eigenvalue weighted by Gasteiger charge is -2.28. The zero-order valence-electron chi connectivity index (χ0n) is 18.2. The average Bonchev–Trinajstić information content (AvgIpc) is 3.16. The maximum Gasteiger partial charge on any atom is 0.240 e. The van der Waals surface area contributed by atoms with E-state index < -0.39 is 0 Å². The minimum Gasteiger partial charge on any atom is -0.356 e. The highest BCUT2D eigenvalue weighted by Gasteiger charge is 2.19. The number of anilines is 1. The molecular formula is C24H33N5. The van der Waals surface area contributed by atoms with Crippen molar-refractivity contribution in [1.29, 1.82) is 0 Å². The van der Waals surface area contributed by atoms with Crippen molar-refractivity contribution < 1.29 is 0 Å². The minimum atomic E-state index is 0.606. The molecule has 0 atom stereocenters. The third-order valence-electron chi connectivity index (χ3n) is 5.52. The first kappa shape index (κ1) is 21.0. The van der Waals surface area contributed by atoms with Crippen LogP contribution in [0.2, 0.25) is 0 Å². The average molecular weight is 392 g/mol. The first-order valence-electron chi connectivity index (χ1n) is 10.6. The molecule has 1 saturated carbocycles. The molecule has 29 heavy (non-hydrogen) atoms. The number of aromatic nitrogens is 3. The van der Waals surface area contributed by atoms with Gasteiger partial charge in [-0.1, -0.05) is 51.3 Å². The zero-order chi connectivity index (χ0) is 20.7. The van der Waals surface area contributed by atoms with E-state index in [2.05, 4.69) is 52.5 Å². The van der Waals surface area contributed by atoms with Crippen LogP contribution in [0.4, 0.5) is 5.95 Å². The summed E-state index contributed by atoms with van der Waals surface area (Å²) in [5.41, 5.74) is 4.92. The molecule has 1 N–H and O–H groups in total. The Bertz CT molecular complexity index is 935. The molecule has 5 heteroatoms. The fraction of sp³-hybridized carbons (Fsp3) is 0.458. The molecule has 2 aromatic rings. The normalized spacial score (nSPS) is 24.4. The van der Waals surface area contributed by atoms with E-state index in [1.807, 2.05) is 49.2 Å². The van der Waals surface area contributed by atoms with Gasteiger partial charge in [0.15, 0.2) is 0 Å². The molecule has 0 radical (unpaired) electrons. The quantitative estimate of drug-likeness (QED) is 0.676. The Kier molecular flexibility index (Phi) is 7.02. The molecule has 0 amide bonds. The molecular weight excluding hydrogens is 358 g/mol. The predicted octanol–water partition coefficient (Wildman–Crippen LogP) is 6.07. The summed E-state index contributed by atoms with van der Waals surface area (Å²) in [5, 5.41) is 7.33. The Morgan fingerprint density at radius 3 is 2.59 bits per heavy atom. The summed E-state index contributed by atoms with van der Waals surface area (Å²) in [6.45, 7) is 6.75. The van der Waals surface area contributed by atoms with Crippen molar-refractivity contribution in [3.8, 4) is 0 Å². The van der Waals surface area contributed by atoms with Gasteiger partial charge in [-0.15, -0.1) is 5.10 Å². The minimum absolute atomic E-state index is 0.606. The van der Waals surface area contributed by atoms with Crippen LogP contribution >= 0.6 is 0 Å². The van der Waals surface area contributed by atoms with Gasteiger partial charge in [-0.05, 0) is 49.3 Å². The molecule has 0 spiro atoms. The predicted molar refractivity (Wildman–Crippen MR) is 123 cm³/mol. The zero-order valence-corrected chi connectivity index (χ0v) is 18.2. The lowest BCUT2D eigenvalue weighted by molar-refractivity contribution is 0.244. The molecule has 0 bridgehead atoms. The highest BCUT2D eigenvalue weighted by molar-refractivity contribution is 5.96. The van der Waals surface area contributed by atoms with E-state index in [0.717, 1.165) is 28.8 Å². The fourth-order valence-corrected chi connectivity index (χ4v) is 3.72. The molecule has 154 valence electrons. The van der Waals surface area contributed by atoms with Crippen molar-refractivity contribution in [3.05, 3.63) is 54.5 Å². The van der Waals surface area contributed by atoms with E-state index >= 15 is 0 Å². The van der Waals surface area contributed by atoms with Crippen LogP contribution in [0, 0.1) is 5.41 Å². The van der Waals surface area contributed by atoms with E-state index in [0.29, 0.717) is 11.4 Å². The number of nitrogens with one attached hydrogen (secondary N) is 1. The number of rotatable bonds is 2. The van der Waals surface area contributed by atoms with Crippen LogP contribution < -0.4 is 5.32 Å². The number of hydrogen-bond acceptors (Lipinski definition) is 4. The molecule has 0 saturated heterocycles. The van der Waals surface area contributed by atoms with Crippen molar-refractivity contribution in [2.24, 2.45) is 10.4 Å². The Morgan fingerprint density at radius 1 is 1.10 bits per heavy atom. The van der Waals surface area contributed by atoms with Crippen molar-refractivity contribution in [2.45, 2.75) is 59.3 Å². The highest BCUT2D eigenvalue weighted by Crippen LogP contribution is 2.34. The third kappa shape index (κ3) is 5.89. The molecule has 2 aromatic heterocycles. The van der Waals surface area contributed by atoms with Gasteiger partial charge in [0, 0.05) is 30.7 Å². The number of aliphatic imine (C=N–C) groups is 1. The monoisotopic (exact) mass is 391 g/mol. The van der Waals surface area contributed by atoms with Gasteiger partial charge >= 0.3 is 0 Å². The lowest BCUT2D eigenvalue weighted by Crippen LogP contribution is -2.14. The van der Waals surface area contributed by atoms with Gasteiger partial charge in [-0.25, -0.2) is 9.50 Å². The summed E-state index contributed by atoms with van der Waals surface area (Å²) >= 11 is 0. The molecule has 1 fully saturated rings. The standard InChI is InChI=1S/C16H17N5.C8H16/c1-12-6-7-13(5-3-4-9-18-12)14-8-10-21-15(14)11-19-16(17-2)20-21;1-8(2)6-4-3-5-7-8/h4-11H,3H2,1-2H3,(H,17,20);3-7H2,1-2H3/b7-6-,9-4-,13-5+,18-12+;. The second-order valence-electron chi connectivity index (χ2n) is 8.50.